The van der Waals surface area contributed by atoms with Gasteiger partial charge in [-0.05, 0) is 18.6 Å². The number of ketones is 1. The third-order valence-electron chi connectivity index (χ3n) is 4.53. The van der Waals surface area contributed by atoms with Crippen molar-refractivity contribution in [2.75, 3.05) is 6.61 Å². The number of benzene rings is 1. The van der Waals surface area contributed by atoms with Crippen LogP contribution in [-0.2, 0) is 4.74 Å². The number of phenols is 1. The molecule has 0 amide bonds. The molecule has 0 unspecified atom stereocenters. The van der Waals surface area contributed by atoms with Gasteiger partial charge in [-0.15, -0.1) is 0 Å². The molecule has 0 radical (unpaired) electrons. The lowest BCUT2D eigenvalue weighted by Crippen LogP contribution is -2.60. The number of hydrogen-bond acceptors (Lipinski definition) is 9. The Balaban J connectivity index is 1.93. The van der Waals surface area contributed by atoms with E-state index in [4.69, 9.17) is 9.47 Å². The second-order valence-corrected chi connectivity index (χ2v) is 6.16. The number of aliphatic hydroxyl groups is 5. The zero-order valence-corrected chi connectivity index (χ0v) is 13.1. The first-order chi connectivity index (χ1) is 11.8. The first kappa shape index (κ1) is 18.1. The molecule has 6 atom stereocenters. The average molecular weight is 356 g/mol. The second kappa shape index (κ2) is 6.87. The van der Waals surface area contributed by atoms with E-state index in [9.17, 15) is 35.4 Å². The summed E-state index contributed by atoms with van der Waals surface area (Å²) < 4.78 is 10.8. The van der Waals surface area contributed by atoms with Crippen LogP contribution in [0.2, 0.25) is 0 Å². The fourth-order valence-electron chi connectivity index (χ4n) is 3.14. The van der Waals surface area contributed by atoms with Crippen molar-refractivity contribution in [3.05, 3.63) is 23.3 Å². The lowest BCUT2D eigenvalue weighted by Gasteiger charge is -2.40. The predicted molar refractivity (Wildman–Crippen MR) is 81.0 cm³/mol. The van der Waals surface area contributed by atoms with Crippen LogP contribution in [0.5, 0.6) is 11.5 Å². The minimum absolute atomic E-state index is 0.00215. The molecule has 0 aromatic heterocycles. The van der Waals surface area contributed by atoms with Crippen molar-refractivity contribution in [2.45, 2.75) is 49.7 Å². The van der Waals surface area contributed by atoms with Crippen molar-refractivity contribution in [3.8, 4) is 11.5 Å². The van der Waals surface area contributed by atoms with Crippen LogP contribution in [0.3, 0.4) is 0 Å². The van der Waals surface area contributed by atoms with Crippen molar-refractivity contribution in [3.63, 3.8) is 0 Å². The van der Waals surface area contributed by atoms with E-state index in [0.29, 0.717) is 0 Å². The topological polar surface area (TPSA) is 157 Å². The van der Waals surface area contributed by atoms with Crippen molar-refractivity contribution in [2.24, 2.45) is 0 Å². The SMILES string of the molecule is O=C1CC[C@H](O)c2c(O[C@@H]3O[C@H](CO)[C@@H](O)[C@H](O)[C@H]3O)ccc(O)c21. The van der Waals surface area contributed by atoms with Gasteiger partial charge in [0.2, 0.25) is 6.29 Å². The third-order valence-corrected chi connectivity index (χ3v) is 4.53. The van der Waals surface area contributed by atoms with Gasteiger partial charge < -0.3 is 40.1 Å². The molecule has 1 aromatic rings. The van der Waals surface area contributed by atoms with E-state index < -0.39 is 43.4 Å². The number of rotatable bonds is 3. The fourth-order valence-corrected chi connectivity index (χ4v) is 3.14. The average Bonchev–Trinajstić information content (AvgIpc) is 2.60. The van der Waals surface area contributed by atoms with Gasteiger partial charge >= 0.3 is 0 Å². The van der Waals surface area contributed by atoms with Crippen LogP contribution in [0.4, 0.5) is 0 Å². The highest BCUT2D eigenvalue weighted by Gasteiger charge is 2.45. The van der Waals surface area contributed by atoms with Gasteiger partial charge in [0.1, 0.15) is 35.9 Å². The van der Waals surface area contributed by atoms with Gasteiger partial charge in [0.25, 0.3) is 0 Å². The molecule has 25 heavy (non-hydrogen) atoms. The number of carbonyl (C=O) groups is 1. The molecule has 0 saturated carbocycles. The third kappa shape index (κ3) is 3.10. The summed E-state index contributed by atoms with van der Waals surface area (Å²) in [6, 6.07) is 2.52. The van der Waals surface area contributed by atoms with E-state index in [1.54, 1.807) is 0 Å². The van der Waals surface area contributed by atoms with Crippen molar-refractivity contribution < 1.29 is 44.9 Å². The van der Waals surface area contributed by atoms with E-state index in [2.05, 4.69) is 0 Å². The first-order valence-corrected chi connectivity index (χ1v) is 7.89. The minimum atomic E-state index is -1.63. The van der Waals surface area contributed by atoms with E-state index in [-0.39, 0.29) is 41.3 Å². The number of fused-ring (bicyclic) bond motifs is 1. The summed E-state index contributed by atoms with van der Waals surface area (Å²) in [6.07, 6.45) is -8.20. The summed E-state index contributed by atoms with van der Waals surface area (Å²) in [5.41, 5.74) is 0.0223. The monoisotopic (exact) mass is 356 g/mol. The number of aromatic hydroxyl groups is 1. The molecular formula is C16H20O9. The molecule has 138 valence electrons. The summed E-state index contributed by atoms with van der Waals surface area (Å²) in [7, 11) is 0. The Hall–Kier alpha value is -1.75. The summed E-state index contributed by atoms with van der Waals surface area (Å²) in [4.78, 5) is 12.0. The molecule has 1 aliphatic carbocycles. The lowest BCUT2D eigenvalue weighted by atomic mass is 9.87. The van der Waals surface area contributed by atoms with Gasteiger partial charge in [-0.2, -0.15) is 0 Å². The fraction of sp³-hybridized carbons (Fsp3) is 0.562. The van der Waals surface area contributed by atoms with Gasteiger partial charge in [0, 0.05) is 12.0 Å². The molecule has 2 aliphatic rings. The van der Waals surface area contributed by atoms with Crippen LogP contribution in [-0.4, -0.2) is 73.7 Å². The quantitative estimate of drug-likeness (QED) is 0.382. The molecule has 1 heterocycles. The molecule has 0 spiro atoms. The van der Waals surface area contributed by atoms with E-state index in [1.807, 2.05) is 0 Å². The highest BCUT2D eigenvalue weighted by molar-refractivity contribution is 6.01. The highest BCUT2D eigenvalue weighted by Crippen LogP contribution is 2.41. The molecular weight excluding hydrogens is 336 g/mol. The van der Waals surface area contributed by atoms with Crippen LogP contribution < -0.4 is 4.74 Å². The Morgan fingerprint density at radius 2 is 1.84 bits per heavy atom. The Morgan fingerprint density at radius 1 is 1.12 bits per heavy atom. The molecule has 1 aromatic carbocycles. The zero-order valence-electron chi connectivity index (χ0n) is 13.1. The van der Waals surface area contributed by atoms with Gasteiger partial charge in [0.05, 0.1) is 18.3 Å². The van der Waals surface area contributed by atoms with Crippen LogP contribution >= 0.6 is 0 Å². The Morgan fingerprint density at radius 3 is 2.52 bits per heavy atom. The van der Waals surface area contributed by atoms with E-state index >= 15 is 0 Å². The number of Topliss-reactive ketones (excluding diaryl/α,β-unsaturated/α-hetero) is 1. The molecule has 0 bridgehead atoms. The number of hydrogen-bond donors (Lipinski definition) is 6. The number of ether oxygens (including phenoxy) is 2. The molecule has 1 aliphatic heterocycles. The van der Waals surface area contributed by atoms with Gasteiger partial charge in [-0.3, -0.25) is 4.79 Å². The van der Waals surface area contributed by atoms with Gasteiger partial charge in [-0.25, -0.2) is 0 Å². The normalized spacial score (nSPS) is 35.3. The number of aliphatic hydroxyl groups excluding tert-OH is 5. The molecule has 1 saturated heterocycles. The highest BCUT2D eigenvalue weighted by atomic mass is 16.7. The largest absolute Gasteiger partial charge is 0.507 e. The standard InChI is InChI=1S/C16H20O9/c17-5-10-13(21)14(22)15(23)16(25-10)24-9-4-3-7(19)11-6(18)1-2-8(20)12(9)11/h3-4,8,10,13-17,19-23H,1-2,5H2/t8-,10+,13+,14-,15+,16+/m0/s1. The van der Waals surface area contributed by atoms with E-state index in [0.717, 1.165) is 0 Å². The predicted octanol–water partition coefficient (Wildman–Crippen LogP) is -1.42. The van der Waals surface area contributed by atoms with E-state index in [1.165, 1.54) is 12.1 Å². The number of phenolic OH excluding ortho intramolecular Hbond substituents is 1. The maximum Gasteiger partial charge on any atom is 0.229 e. The van der Waals surface area contributed by atoms with Crippen LogP contribution in [0.1, 0.15) is 34.9 Å². The van der Waals surface area contributed by atoms with Crippen molar-refractivity contribution >= 4 is 5.78 Å². The molecule has 9 nitrogen and oxygen atoms in total. The zero-order chi connectivity index (χ0) is 18.3. The summed E-state index contributed by atoms with van der Waals surface area (Å²) in [5.74, 6) is -0.644. The Kier molecular flexibility index (Phi) is 4.96. The van der Waals surface area contributed by atoms with Gasteiger partial charge in [0.15, 0.2) is 5.78 Å². The number of carbonyl (C=O) groups excluding carboxylic acids is 1. The Labute approximate surface area is 142 Å². The lowest BCUT2D eigenvalue weighted by molar-refractivity contribution is -0.277. The maximum absolute atomic E-state index is 12.0. The van der Waals surface area contributed by atoms with Crippen molar-refractivity contribution in [1.29, 1.82) is 0 Å². The molecule has 3 rings (SSSR count). The smallest absolute Gasteiger partial charge is 0.229 e. The Bertz CT molecular complexity index is 659. The van der Waals surface area contributed by atoms with Crippen LogP contribution in [0.15, 0.2) is 12.1 Å². The summed E-state index contributed by atoms with van der Waals surface area (Å²) >= 11 is 0. The van der Waals surface area contributed by atoms with Crippen molar-refractivity contribution in [1.82, 2.24) is 0 Å². The maximum atomic E-state index is 12.0. The van der Waals surface area contributed by atoms with Gasteiger partial charge in [-0.1, -0.05) is 0 Å². The van der Waals surface area contributed by atoms with Crippen LogP contribution in [0.25, 0.3) is 0 Å². The first-order valence-electron chi connectivity index (χ1n) is 7.89. The molecule has 6 N–H and O–H groups in total. The summed E-state index contributed by atoms with van der Waals surface area (Å²) in [5, 5.41) is 58.9. The van der Waals surface area contributed by atoms with Crippen LogP contribution in [0, 0.1) is 0 Å². The minimum Gasteiger partial charge on any atom is -0.507 e. The summed E-state index contributed by atoms with van der Waals surface area (Å²) in [6.45, 7) is -0.612. The molecule has 1 fully saturated rings. The second-order valence-electron chi connectivity index (χ2n) is 6.16. The molecule has 9 heteroatoms.